The highest BCUT2D eigenvalue weighted by atomic mass is 16.5. The van der Waals surface area contributed by atoms with Gasteiger partial charge in [0, 0.05) is 0 Å². The molecular weight excluding hydrogens is 154 g/mol. The Labute approximate surface area is 73.7 Å². The Morgan fingerprint density at radius 1 is 1.42 bits per heavy atom. The summed E-state index contributed by atoms with van der Waals surface area (Å²) in [5, 5.41) is 0. The number of likely N-dealkylation sites (tertiary alicyclic amines) is 1. The Morgan fingerprint density at radius 2 is 2.08 bits per heavy atom. The molecule has 0 saturated carbocycles. The van der Waals surface area contributed by atoms with Gasteiger partial charge < -0.3 is 4.74 Å². The molecule has 1 radical (unpaired) electrons. The van der Waals surface area contributed by atoms with E-state index in [4.69, 9.17) is 4.74 Å². The summed E-state index contributed by atoms with van der Waals surface area (Å²) in [4.78, 5) is 13.0. The fourth-order valence-electron chi connectivity index (χ4n) is 1.38. The number of carbonyl (C=O) groups excluding carboxylic acids is 1. The molecule has 1 aliphatic heterocycles. The van der Waals surface area contributed by atoms with Gasteiger partial charge in [0.05, 0.1) is 6.61 Å². The van der Waals surface area contributed by atoms with Crippen molar-refractivity contribution < 1.29 is 9.53 Å². The van der Waals surface area contributed by atoms with E-state index in [1.807, 2.05) is 11.8 Å². The van der Waals surface area contributed by atoms with Gasteiger partial charge in [-0.25, -0.2) is 0 Å². The van der Waals surface area contributed by atoms with E-state index in [1.54, 1.807) is 6.54 Å². The average molecular weight is 170 g/mol. The van der Waals surface area contributed by atoms with E-state index >= 15 is 0 Å². The molecule has 0 N–H and O–H groups in total. The zero-order valence-corrected chi connectivity index (χ0v) is 7.58. The highest BCUT2D eigenvalue weighted by Gasteiger charge is 2.14. The third kappa shape index (κ3) is 3.22. The van der Waals surface area contributed by atoms with Gasteiger partial charge in [0.15, 0.2) is 0 Å². The van der Waals surface area contributed by atoms with E-state index in [-0.39, 0.29) is 5.97 Å². The summed E-state index contributed by atoms with van der Waals surface area (Å²) in [6, 6.07) is 0. The Hall–Kier alpha value is -0.570. The van der Waals surface area contributed by atoms with E-state index < -0.39 is 0 Å². The molecule has 0 unspecified atom stereocenters. The van der Waals surface area contributed by atoms with E-state index in [9.17, 15) is 4.79 Å². The van der Waals surface area contributed by atoms with Gasteiger partial charge in [0.25, 0.3) is 0 Å². The Kier molecular flexibility index (Phi) is 4.08. The van der Waals surface area contributed by atoms with Gasteiger partial charge in [-0.1, -0.05) is 6.42 Å². The topological polar surface area (TPSA) is 29.5 Å². The third-order valence-corrected chi connectivity index (χ3v) is 1.97. The van der Waals surface area contributed by atoms with Gasteiger partial charge in [-0.3, -0.25) is 9.69 Å². The fourth-order valence-corrected chi connectivity index (χ4v) is 1.38. The molecule has 0 aromatic rings. The molecule has 3 heteroatoms. The highest BCUT2D eigenvalue weighted by Crippen LogP contribution is 2.09. The van der Waals surface area contributed by atoms with Crippen molar-refractivity contribution in [2.75, 3.05) is 19.7 Å². The first-order valence-electron chi connectivity index (χ1n) is 4.58. The molecule has 1 heterocycles. The maximum Gasteiger partial charge on any atom is 0.325 e. The second-order valence-corrected chi connectivity index (χ2v) is 2.98. The van der Waals surface area contributed by atoms with Crippen LogP contribution in [0.3, 0.4) is 0 Å². The summed E-state index contributed by atoms with van der Waals surface area (Å²) < 4.78 is 4.81. The number of hydrogen-bond donors (Lipinski definition) is 0. The van der Waals surface area contributed by atoms with E-state index in [0.29, 0.717) is 6.61 Å². The molecular formula is C9H16NO2. The van der Waals surface area contributed by atoms with Gasteiger partial charge in [0.2, 0.25) is 0 Å². The van der Waals surface area contributed by atoms with Gasteiger partial charge in [-0.15, -0.1) is 0 Å². The van der Waals surface area contributed by atoms with Crippen LogP contribution in [0.4, 0.5) is 0 Å². The van der Waals surface area contributed by atoms with Crippen molar-refractivity contribution in [2.45, 2.75) is 26.2 Å². The van der Waals surface area contributed by atoms with Crippen LogP contribution in [0, 0.1) is 6.54 Å². The molecule has 0 atom stereocenters. The third-order valence-electron chi connectivity index (χ3n) is 1.97. The lowest BCUT2D eigenvalue weighted by atomic mass is 10.1. The van der Waals surface area contributed by atoms with Crippen molar-refractivity contribution in [1.29, 1.82) is 0 Å². The van der Waals surface area contributed by atoms with Crippen LogP contribution >= 0.6 is 0 Å². The smallest absolute Gasteiger partial charge is 0.325 e. The van der Waals surface area contributed by atoms with Crippen LogP contribution in [0.5, 0.6) is 0 Å². The van der Waals surface area contributed by atoms with Crippen molar-refractivity contribution >= 4 is 5.97 Å². The van der Waals surface area contributed by atoms with Gasteiger partial charge in [0.1, 0.15) is 6.54 Å². The molecule has 0 aromatic carbocycles. The maximum absolute atomic E-state index is 11.0. The van der Waals surface area contributed by atoms with E-state index in [0.717, 1.165) is 13.1 Å². The van der Waals surface area contributed by atoms with Crippen molar-refractivity contribution in [3.8, 4) is 0 Å². The largest absolute Gasteiger partial charge is 0.465 e. The molecule has 0 spiro atoms. The summed E-state index contributed by atoms with van der Waals surface area (Å²) in [6.45, 7) is 5.87. The first-order chi connectivity index (χ1) is 5.83. The molecule has 0 aromatic heterocycles. The zero-order chi connectivity index (χ0) is 8.81. The quantitative estimate of drug-likeness (QED) is 0.596. The number of esters is 1. The SMILES string of the molecule is CCOC(=O)[CH]N1CCCCC1. The lowest BCUT2D eigenvalue weighted by Crippen LogP contribution is -2.31. The van der Waals surface area contributed by atoms with E-state index in [1.165, 1.54) is 19.3 Å². The zero-order valence-electron chi connectivity index (χ0n) is 7.58. The highest BCUT2D eigenvalue weighted by molar-refractivity contribution is 5.78. The molecule has 0 aliphatic carbocycles. The van der Waals surface area contributed by atoms with Crippen molar-refractivity contribution in [3.05, 3.63) is 6.54 Å². The molecule has 1 aliphatic rings. The molecule has 12 heavy (non-hydrogen) atoms. The van der Waals surface area contributed by atoms with Crippen LogP contribution in [-0.4, -0.2) is 30.6 Å². The van der Waals surface area contributed by atoms with E-state index in [2.05, 4.69) is 0 Å². The second-order valence-electron chi connectivity index (χ2n) is 2.98. The minimum atomic E-state index is -0.209. The van der Waals surface area contributed by atoms with Crippen LogP contribution in [-0.2, 0) is 9.53 Å². The minimum Gasteiger partial charge on any atom is -0.465 e. The van der Waals surface area contributed by atoms with Crippen LogP contribution in [0.25, 0.3) is 0 Å². The van der Waals surface area contributed by atoms with Crippen LogP contribution in [0.2, 0.25) is 0 Å². The maximum atomic E-state index is 11.0. The van der Waals surface area contributed by atoms with Crippen LogP contribution in [0.15, 0.2) is 0 Å². The monoisotopic (exact) mass is 170 g/mol. The predicted molar refractivity (Wildman–Crippen MR) is 46.4 cm³/mol. The normalized spacial score (nSPS) is 19.1. The Bertz CT molecular complexity index is 141. The first kappa shape index (κ1) is 9.52. The van der Waals surface area contributed by atoms with Crippen molar-refractivity contribution in [3.63, 3.8) is 0 Å². The number of hydrogen-bond acceptors (Lipinski definition) is 3. The number of rotatable bonds is 3. The summed E-state index contributed by atoms with van der Waals surface area (Å²) in [5.41, 5.74) is 0. The lowest BCUT2D eigenvalue weighted by molar-refractivity contribution is -0.141. The van der Waals surface area contributed by atoms with Gasteiger partial charge >= 0.3 is 5.97 Å². The second kappa shape index (κ2) is 5.14. The van der Waals surface area contributed by atoms with Crippen molar-refractivity contribution in [1.82, 2.24) is 4.90 Å². The number of carbonyl (C=O) groups is 1. The standard InChI is InChI=1S/C9H16NO2/c1-2-12-9(11)8-10-6-4-3-5-7-10/h8H,2-7H2,1H3. The average Bonchev–Trinajstić information content (AvgIpc) is 2.06. The Morgan fingerprint density at radius 3 is 2.67 bits per heavy atom. The van der Waals surface area contributed by atoms with Gasteiger partial charge in [-0.05, 0) is 32.9 Å². The number of nitrogens with zero attached hydrogens (tertiary/aromatic N) is 1. The molecule has 1 fully saturated rings. The molecule has 0 bridgehead atoms. The summed E-state index contributed by atoms with van der Waals surface area (Å²) in [6.07, 6.45) is 3.67. The summed E-state index contributed by atoms with van der Waals surface area (Å²) in [7, 11) is 0. The number of piperidine rings is 1. The van der Waals surface area contributed by atoms with Crippen LogP contribution < -0.4 is 0 Å². The first-order valence-corrected chi connectivity index (χ1v) is 4.58. The summed E-state index contributed by atoms with van der Waals surface area (Å²) in [5.74, 6) is -0.209. The molecule has 0 amide bonds. The minimum absolute atomic E-state index is 0.209. The van der Waals surface area contributed by atoms with Crippen LogP contribution in [0.1, 0.15) is 26.2 Å². The fraction of sp³-hybridized carbons (Fsp3) is 0.778. The molecule has 1 rings (SSSR count). The molecule has 3 nitrogen and oxygen atoms in total. The summed E-state index contributed by atoms with van der Waals surface area (Å²) >= 11 is 0. The predicted octanol–water partition coefficient (Wildman–Crippen LogP) is 1.20. The number of ether oxygens (including phenoxy) is 1. The molecule has 69 valence electrons. The molecule has 1 saturated heterocycles. The Balaban J connectivity index is 2.15. The van der Waals surface area contributed by atoms with Crippen molar-refractivity contribution in [2.24, 2.45) is 0 Å². The lowest BCUT2D eigenvalue weighted by Gasteiger charge is -2.24. The van der Waals surface area contributed by atoms with Gasteiger partial charge in [-0.2, -0.15) is 0 Å².